The zero-order chi connectivity index (χ0) is 22.2. The van der Waals surface area contributed by atoms with Gasteiger partial charge in [-0.1, -0.05) is 31.2 Å². The Morgan fingerprint density at radius 2 is 1.87 bits per heavy atom. The summed E-state index contributed by atoms with van der Waals surface area (Å²) in [7, 11) is -3.85. The molecule has 1 aromatic carbocycles. The molecule has 0 spiro atoms. The Bertz CT molecular complexity index is 1030. The summed E-state index contributed by atoms with van der Waals surface area (Å²) in [5.41, 5.74) is 1.27. The number of hydrogen-bond acceptors (Lipinski definition) is 5. The van der Waals surface area contributed by atoms with Gasteiger partial charge in [-0.2, -0.15) is 4.31 Å². The molecule has 31 heavy (non-hydrogen) atoms. The Hall–Kier alpha value is -2.33. The van der Waals surface area contributed by atoms with Crippen LogP contribution in [0.4, 0.5) is 4.39 Å². The Morgan fingerprint density at radius 1 is 1.19 bits per heavy atom. The van der Waals surface area contributed by atoms with E-state index >= 15 is 0 Å². The number of alkyl halides is 1. The van der Waals surface area contributed by atoms with E-state index in [1.165, 1.54) is 15.2 Å². The standard InChI is InChI=1S/C21H28FN5O3S/c1-15(2)16-5-7-19(8-6-16)31(29,30)27-12-17(22)11-18(27)13-26-14-20(23-24-26)21(28)25-9-3-4-10-25/h5-8,14-15,17-18H,3-4,9-13H2,1-2H3/t17-,18-/m0/s1. The maximum Gasteiger partial charge on any atom is 0.276 e. The predicted octanol–water partition coefficient (Wildman–Crippen LogP) is 2.44. The molecule has 0 bridgehead atoms. The van der Waals surface area contributed by atoms with Gasteiger partial charge in [0.1, 0.15) is 6.17 Å². The molecular weight excluding hydrogens is 421 g/mol. The highest BCUT2D eigenvalue weighted by Gasteiger charge is 2.41. The van der Waals surface area contributed by atoms with E-state index in [9.17, 15) is 17.6 Å². The van der Waals surface area contributed by atoms with E-state index in [0.717, 1.165) is 18.4 Å². The summed E-state index contributed by atoms with van der Waals surface area (Å²) in [6.07, 6.45) is 2.31. The lowest BCUT2D eigenvalue weighted by molar-refractivity contribution is 0.0787. The second-order valence-corrected chi connectivity index (χ2v) is 10.5. The highest BCUT2D eigenvalue weighted by atomic mass is 32.2. The van der Waals surface area contributed by atoms with Crippen LogP contribution in [0, 0.1) is 0 Å². The van der Waals surface area contributed by atoms with E-state index in [2.05, 4.69) is 10.3 Å². The number of hydrogen-bond donors (Lipinski definition) is 0. The molecule has 2 aromatic rings. The van der Waals surface area contributed by atoms with Crippen LogP contribution in [-0.2, 0) is 16.6 Å². The van der Waals surface area contributed by atoms with Crippen molar-refractivity contribution >= 4 is 15.9 Å². The van der Waals surface area contributed by atoms with Crippen LogP contribution in [0.2, 0.25) is 0 Å². The third kappa shape index (κ3) is 4.50. The summed E-state index contributed by atoms with van der Waals surface area (Å²) in [5, 5.41) is 7.95. The molecule has 2 fully saturated rings. The largest absolute Gasteiger partial charge is 0.337 e. The first kappa shape index (κ1) is 21.9. The van der Waals surface area contributed by atoms with Gasteiger partial charge in [0.05, 0.1) is 17.6 Å². The van der Waals surface area contributed by atoms with Crippen LogP contribution in [-0.4, -0.2) is 70.4 Å². The van der Waals surface area contributed by atoms with E-state index in [4.69, 9.17) is 0 Å². The second-order valence-electron chi connectivity index (χ2n) is 8.61. The zero-order valence-corrected chi connectivity index (χ0v) is 18.6. The van der Waals surface area contributed by atoms with Crippen LogP contribution in [0.5, 0.6) is 0 Å². The van der Waals surface area contributed by atoms with Gasteiger partial charge < -0.3 is 4.90 Å². The smallest absolute Gasteiger partial charge is 0.276 e. The van der Waals surface area contributed by atoms with Gasteiger partial charge in [0, 0.05) is 25.7 Å². The number of likely N-dealkylation sites (tertiary alicyclic amines) is 1. The normalized spacial score (nSPS) is 22.5. The summed E-state index contributed by atoms with van der Waals surface area (Å²) < 4.78 is 43.3. The Balaban J connectivity index is 1.51. The highest BCUT2D eigenvalue weighted by Crippen LogP contribution is 2.29. The summed E-state index contributed by atoms with van der Waals surface area (Å²) in [6.45, 7) is 5.44. The molecule has 2 aliphatic heterocycles. The van der Waals surface area contributed by atoms with Gasteiger partial charge in [0.2, 0.25) is 10.0 Å². The maximum atomic E-state index is 14.3. The summed E-state index contributed by atoms with van der Waals surface area (Å²) >= 11 is 0. The maximum absolute atomic E-state index is 14.3. The van der Waals surface area contributed by atoms with E-state index in [0.29, 0.717) is 13.1 Å². The van der Waals surface area contributed by atoms with E-state index < -0.39 is 22.2 Å². The number of benzene rings is 1. The molecule has 3 heterocycles. The second kappa shape index (κ2) is 8.66. The summed E-state index contributed by atoms with van der Waals surface area (Å²) in [6, 6.07) is 6.15. The van der Waals surface area contributed by atoms with Crippen LogP contribution in [0.1, 0.15) is 55.1 Å². The average molecular weight is 450 g/mol. The number of aromatic nitrogens is 3. The molecule has 0 radical (unpaired) electrons. The number of amides is 1. The summed E-state index contributed by atoms with van der Waals surface area (Å²) in [4.78, 5) is 14.4. The molecule has 4 rings (SSSR count). The molecule has 0 aliphatic carbocycles. The minimum Gasteiger partial charge on any atom is -0.337 e. The molecule has 2 aliphatic rings. The lowest BCUT2D eigenvalue weighted by atomic mass is 10.0. The average Bonchev–Trinajstić information content (AvgIpc) is 3.49. The number of nitrogens with zero attached hydrogens (tertiary/aromatic N) is 5. The first-order valence-electron chi connectivity index (χ1n) is 10.7. The van der Waals surface area contributed by atoms with E-state index in [-0.39, 0.29) is 41.9 Å². The van der Waals surface area contributed by atoms with Crippen LogP contribution in [0.3, 0.4) is 0 Å². The third-order valence-corrected chi connectivity index (χ3v) is 7.95. The van der Waals surface area contributed by atoms with Crippen LogP contribution in [0.15, 0.2) is 35.4 Å². The molecule has 0 N–H and O–H groups in total. The zero-order valence-electron chi connectivity index (χ0n) is 17.8. The SMILES string of the molecule is CC(C)c1ccc(S(=O)(=O)N2C[C@@H](F)C[C@H]2Cn2cc(C(=O)N3CCCC3)nn2)cc1. The van der Waals surface area contributed by atoms with Gasteiger partial charge in [-0.25, -0.2) is 12.8 Å². The van der Waals surface area contributed by atoms with Crippen molar-refractivity contribution in [1.29, 1.82) is 0 Å². The van der Waals surface area contributed by atoms with Gasteiger partial charge in [0.15, 0.2) is 5.69 Å². The molecular formula is C21H28FN5O3S. The number of rotatable bonds is 6. The van der Waals surface area contributed by atoms with Gasteiger partial charge in [-0.3, -0.25) is 9.48 Å². The lowest BCUT2D eigenvalue weighted by Crippen LogP contribution is -2.38. The van der Waals surface area contributed by atoms with Gasteiger partial charge in [-0.05, 0) is 42.9 Å². The Morgan fingerprint density at radius 3 is 2.52 bits per heavy atom. The van der Waals surface area contributed by atoms with Crippen LogP contribution in [0.25, 0.3) is 0 Å². The van der Waals surface area contributed by atoms with Crippen LogP contribution >= 0.6 is 0 Å². The molecule has 1 aromatic heterocycles. The monoisotopic (exact) mass is 449 g/mol. The molecule has 2 atom stereocenters. The fourth-order valence-electron chi connectivity index (χ4n) is 4.24. The van der Waals surface area contributed by atoms with Crippen molar-refractivity contribution in [3.05, 3.63) is 41.7 Å². The van der Waals surface area contributed by atoms with Gasteiger partial charge in [-0.15, -0.1) is 5.10 Å². The van der Waals surface area contributed by atoms with Crippen molar-refractivity contribution in [3.8, 4) is 0 Å². The van der Waals surface area contributed by atoms with Crippen LogP contribution < -0.4 is 0 Å². The molecule has 2 saturated heterocycles. The minimum absolute atomic E-state index is 0.0819. The topological polar surface area (TPSA) is 88.4 Å². The van der Waals surface area contributed by atoms with Crippen molar-refractivity contribution in [2.24, 2.45) is 0 Å². The molecule has 1 amide bonds. The van der Waals surface area contributed by atoms with Gasteiger partial charge >= 0.3 is 0 Å². The quantitative estimate of drug-likeness (QED) is 0.676. The predicted molar refractivity (Wildman–Crippen MR) is 113 cm³/mol. The molecule has 0 saturated carbocycles. The lowest BCUT2D eigenvalue weighted by Gasteiger charge is -2.23. The van der Waals surface area contributed by atoms with Crippen molar-refractivity contribution in [1.82, 2.24) is 24.2 Å². The van der Waals surface area contributed by atoms with Crippen molar-refractivity contribution in [3.63, 3.8) is 0 Å². The third-order valence-electron chi connectivity index (χ3n) is 6.02. The number of carbonyl (C=O) groups excluding carboxylic acids is 1. The first-order chi connectivity index (χ1) is 14.8. The Kier molecular flexibility index (Phi) is 6.11. The van der Waals surface area contributed by atoms with E-state index in [1.807, 2.05) is 13.8 Å². The number of sulfonamides is 1. The fraction of sp³-hybridized carbons (Fsp3) is 0.571. The van der Waals surface area contributed by atoms with Crippen molar-refractivity contribution in [2.45, 2.75) is 62.7 Å². The minimum atomic E-state index is -3.85. The first-order valence-corrected chi connectivity index (χ1v) is 12.1. The number of carbonyl (C=O) groups is 1. The molecule has 10 heteroatoms. The number of halogens is 1. The van der Waals surface area contributed by atoms with Crippen molar-refractivity contribution in [2.75, 3.05) is 19.6 Å². The Labute approximate surface area is 182 Å². The molecule has 8 nitrogen and oxygen atoms in total. The van der Waals surface area contributed by atoms with Crippen molar-refractivity contribution < 1.29 is 17.6 Å². The highest BCUT2D eigenvalue weighted by molar-refractivity contribution is 7.89. The molecule has 168 valence electrons. The fourth-order valence-corrected chi connectivity index (χ4v) is 5.89. The molecule has 0 unspecified atom stereocenters. The van der Waals surface area contributed by atoms with E-state index in [1.54, 1.807) is 29.2 Å². The van der Waals surface area contributed by atoms with Gasteiger partial charge in [0.25, 0.3) is 5.91 Å². The summed E-state index contributed by atoms with van der Waals surface area (Å²) in [5.74, 6) is 0.115.